The molecular weight excluding hydrogens is 318 g/mol. The van der Waals surface area contributed by atoms with Gasteiger partial charge in [-0.1, -0.05) is 12.1 Å². The van der Waals surface area contributed by atoms with Crippen molar-refractivity contribution in [2.24, 2.45) is 0 Å². The fourth-order valence-electron chi connectivity index (χ4n) is 3.14. The van der Waals surface area contributed by atoms with Crippen molar-refractivity contribution >= 4 is 11.6 Å². The van der Waals surface area contributed by atoms with E-state index in [1.807, 2.05) is 50.2 Å². The van der Waals surface area contributed by atoms with E-state index in [1.165, 1.54) is 0 Å². The van der Waals surface area contributed by atoms with Crippen molar-refractivity contribution < 1.29 is 19.0 Å². The quantitative estimate of drug-likeness (QED) is 0.894. The molecule has 3 rings (SSSR count). The topological polar surface area (TPSA) is 56.8 Å². The summed E-state index contributed by atoms with van der Waals surface area (Å²) in [5, 5.41) is 2.92. The maximum Gasteiger partial charge on any atom is 0.225 e. The summed E-state index contributed by atoms with van der Waals surface area (Å²) in [6.07, 6.45) is 0.524. The molecule has 0 unspecified atom stereocenters. The second-order valence-corrected chi connectivity index (χ2v) is 6.33. The first kappa shape index (κ1) is 17.1. The van der Waals surface area contributed by atoms with Gasteiger partial charge >= 0.3 is 0 Å². The van der Waals surface area contributed by atoms with E-state index in [1.54, 1.807) is 14.2 Å². The normalized spacial score (nSPS) is 16.2. The molecule has 0 radical (unpaired) electrons. The van der Waals surface area contributed by atoms with E-state index in [0.29, 0.717) is 17.9 Å². The summed E-state index contributed by atoms with van der Waals surface area (Å²) in [7, 11) is 3.19. The van der Waals surface area contributed by atoms with Gasteiger partial charge in [0.2, 0.25) is 5.91 Å². The van der Waals surface area contributed by atoms with Crippen LogP contribution in [0.5, 0.6) is 17.2 Å². The summed E-state index contributed by atoms with van der Waals surface area (Å²) in [6, 6.07) is 11.7. The van der Waals surface area contributed by atoms with Crippen molar-refractivity contribution in [1.29, 1.82) is 0 Å². The number of nitrogens with one attached hydrogen (secondary N) is 1. The van der Waals surface area contributed by atoms with Crippen LogP contribution >= 0.6 is 0 Å². The number of benzene rings is 2. The van der Waals surface area contributed by atoms with Crippen molar-refractivity contribution in [2.75, 3.05) is 19.5 Å². The second-order valence-electron chi connectivity index (χ2n) is 6.33. The Morgan fingerprint density at radius 2 is 1.68 bits per heavy atom. The van der Waals surface area contributed by atoms with Gasteiger partial charge in [0.1, 0.15) is 5.75 Å². The van der Waals surface area contributed by atoms with E-state index in [0.717, 1.165) is 22.6 Å². The summed E-state index contributed by atoms with van der Waals surface area (Å²) >= 11 is 0. The van der Waals surface area contributed by atoms with Gasteiger partial charge in [0.15, 0.2) is 11.5 Å². The summed E-state index contributed by atoms with van der Waals surface area (Å²) in [4.78, 5) is 12.2. The number of amides is 1. The van der Waals surface area contributed by atoms with Crippen LogP contribution in [0.4, 0.5) is 5.69 Å². The number of hydrogen-bond acceptors (Lipinski definition) is 4. The average molecular weight is 341 g/mol. The number of methoxy groups -OCH3 is 2. The molecule has 0 saturated heterocycles. The van der Waals surface area contributed by atoms with Crippen LogP contribution < -0.4 is 19.5 Å². The van der Waals surface area contributed by atoms with E-state index >= 15 is 0 Å². The van der Waals surface area contributed by atoms with Crippen LogP contribution in [0.2, 0.25) is 0 Å². The van der Waals surface area contributed by atoms with Crippen LogP contribution in [0.25, 0.3) is 0 Å². The maximum atomic E-state index is 12.2. The van der Waals surface area contributed by atoms with Gasteiger partial charge in [0.05, 0.1) is 20.3 Å². The van der Waals surface area contributed by atoms with Gasteiger partial charge < -0.3 is 19.5 Å². The number of carbonyl (C=O) groups is 1. The first-order valence-corrected chi connectivity index (χ1v) is 8.34. The molecule has 0 spiro atoms. The van der Waals surface area contributed by atoms with Crippen LogP contribution in [-0.2, 0) is 4.79 Å². The Balaban J connectivity index is 1.99. The zero-order chi connectivity index (χ0) is 18.0. The molecule has 1 aliphatic rings. The summed E-state index contributed by atoms with van der Waals surface area (Å²) < 4.78 is 16.5. The molecule has 2 aromatic carbocycles. The first-order valence-electron chi connectivity index (χ1n) is 8.34. The molecule has 25 heavy (non-hydrogen) atoms. The third-order valence-electron chi connectivity index (χ3n) is 4.25. The maximum absolute atomic E-state index is 12.2. The van der Waals surface area contributed by atoms with Crippen LogP contribution in [-0.4, -0.2) is 26.2 Å². The number of carbonyl (C=O) groups excluding carboxylic acids is 1. The molecule has 1 N–H and O–H groups in total. The number of ether oxygens (including phenoxy) is 3. The fraction of sp³-hybridized carbons (Fsp3) is 0.350. The zero-order valence-corrected chi connectivity index (χ0v) is 15.0. The molecule has 1 atom stereocenters. The summed E-state index contributed by atoms with van der Waals surface area (Å²) in [5.74, 6) is 2.04. The van der Waals surface area contributed by atoms with Gasteiger partial charge in [-0.05, 0) is 43.2 Å². The molecule has 5 nitrogen and oxygen atoms in total. The molecule has 5 heteroatoms. The summed E-state index contributed by atoms with van der Waals surface area (Å²) in [5.41, 5.74) is 2.86. The number of anilines is 1. The SMILES string of the molecule is COc1cc2c(cc1OC)[C@@H](c1ccc(OC(C)C)cc1)CC(=O)N2. The molecule has 1 aliphatic heterocycles. The lowest BCUT2D eigenvalue weighted by Gasteiger charge is -2.27. The Kier molecular flexibility index (Phi) is 4.83. The predicted molar refractivity (Wildman–Crippen MR) is 96.8 cm³/mol. The molecule has 0 aliphatic carbocycles. The minimum absolute atomic E-state index is 0.00720. The Bertz CT molecular complexity index is 768. The Labute approximate surface area is 147 Å². The zero-order valence-electron chi connectivity index (χ0n) is 15.0. The lowest BCUT2D eigenvalue weighted by atomic mass is 9.84. The van der Waals surface area contributed by atoms with E-state index in [4.69, 9.17) is 14.2 Å². The van der Waals surface area contributed by atoms with Crippen molar-refractivity contribution in [3.05, 3.63) is 47.5 Å². The second kappa shape index (κ2) is 7.05. The number of fused-ring (bicyclic) bond motifs is 1. The highest BCUT2D eigenvalue weighted by atomic mass is 16.5. The molecule has 0 fully saturated rings. The lowest BCUT2D eigenvalue weighted by Crippen LogP contribution is -2.23. The highest BCUT2D eigenvalue weighted by Gasteiger charge is 2.28. The van der Waals surface area contributed by atoms with Crippen molar-refractivity contribution in [1.82, 2.24) is 0 Å². The standard InChI is InChI=1S/C20H23NO4/c1-12(2)25-14-7-5-13(6-8-14)15-10-20(22)21-17-11-19(24-4)18(23-3)9-16(15)17/h5-9,11-12,15H,10H2,1-4H3,(H,21,22)/t15-/m1/s1. The lowest BCUT2D eigenvalue weighted by molar-refractivity contribution is -0.116. The molecule has 1 amide bonds. The van der Waals surface area contributed by atoms with Crippen LogP contribution in [0.15, 0.2) is 36.4 Å². The van der Waals surface area contributed by atoms with Crippen LogP contribution in [0.1, 0.15) is 37.3 Å². The van der Waals surface area contributed by atoms with Gasteiger partial charge in [-0.2, -0.15) is 0 Å². The van der Waals surface area contributed by atoms with Gasteiger partial charge in [-0.3, -0.25) is 4.79 Å². The number of hydrogen-bond donors (Lipinski definition) is 1. The van der Waals surface area contributed by atoms with Gasteiger partial charge in [-0.15, -0.1) is 0 Å². The first-order chi connectivity index (χ1) is 12.0. The van der Waals surface area contributed by atoms with Crippen molar-refractivity contribution in [2.45, 2.75) is 32.3 Å². The smallest absolute Gasteiger partial charge is 0.225 e. The largest absolute Gasteiger partial charge is 0.493 e. The minimum Gasteiger partial charge on any atom is -0.493 e. The van der Waals surface area contributed by atoms with Gasteiger partial charge in [0.25, 0.3) is 0 Å². The molecule has 0 saturated carbocycles. The molecule has 1 heterocycles. The highest BCUT2D eigenvalue weighted by Crippen LogP contribution is 2.43. The van der Waals surface area contributed by atoms with E-state index in [-0.39, 0.29) is 17.9 Å². The Hall–Kier alpha value is -2.69. The molecular formula is C20H23NO4. The molecule has 0 bridgehead atoms. The van der Waals surface area contributed by atoms with E-state index in [2.05, 4.69) is 5.32 Å². The van der Waals surface area contributed by atoms with Crippen molar-refractivity contribution in [3.63, 3.8) is 0 Å². The van der Waals surface area contributed by atoms with Crippen LogP contribution in [0.3, 0.4) is 0 Å². The molecule has 0 aromatic heterocycles. The third kappa shape index (κ3) is 3.55. The monoisotopic (exact) mass is 341 g/mol. The average Bonchev–Trinajstić information content (AvgIpc) is 2.60. The van der Waals surface area contributed by atoms with Crippen molar-refractivity contribution in [3.8, 4) is 17.2 Å². The highest BCUT2D eigenvalue weighted by molar-refractivity contribution is 5.96. The number of rotatable bonds is 5. The Morgan fingerprint density at radius 1 is 1.04 bits per heavy atom. The van der Waals surface area contributed by atoms with E-state index in [9.17, 15) is 4.79 Å². The summed E-state index contributed by atoms with van der Waals surface area (Å²) in [6.45, 7) is 3.99. The van der Waals surface area contributed by atoms with Gasteiger partial charge in [0, 0.05) is 24.1 Å². The third-order valence-corrected chi connectivity index (χ3v) is 4.25. The predicted octanol–water partition coefficient (Wildman–Crippen LogP) is 3.97. The van der Waals surface area contributed by atoms with E-state index < -0.39 is 0 Å². The minimum atomic E-state index is -0.0309. The van der Waals surface area contributed by atoms with Crippen LogP contribution in [0, 0.1) is 0 Å². The molecule has 2 aromatic rings. The Morgan fingerprint density at radius 3 is 2.28 bits per heavy atom. The molecule has 132 valence electrons. The fourth-order valence-corrected chi connectivity index (χ4v) is 3.14. The van der Waals surface area contributed by atoms with Gasteiger partial charge in [-0.25, -0.2) is 0 Å².